The summed E-state index contributed by atoms with van der Waals surface area (Å²) in [5, 5.41) is 2.87. The first-order valence-electron chi connectivity index (χ1n) is 5.94. The van der Waals surface area contributed by atoms with Gasteiger partial charge in [0, 0.05) is 6.54 Å². The van der Waals surface area contributed by atoms with Crippen molar-refractivity contribution < 1.29 is 22.3 Å². The van der Waals surface area contributed by atoms with E-state index < -0.39 is 26.7 Å². The molecule has 21 heavy (non-hydrogen) atoms. The Morgan fingerprint density at radius 1 is 1.33 bits per heavy atom. The van der Waals surface area contributed by atoms with E-state index in [0.29, 0.717) is 13.0 Å². The van der Waals surface area contributed by atoms with Gasteiger partial charge in [-0.2, -0.15) is 0 Å². The third-order valence-corrected chi connectivity index (χ3v) is 4.04. The minimum atomic E-state index is -3.97. The van der Waals surface area contributed by atoms with Gasteiger partial charge in [0.15, 0.2) is 0 Å². The number of carbonyl (C=O) groups is 1. The van der Waals surface area contributed by atoms with Crippen LogP contribution in [0.5, 0.6) is 0 Å². The zero-order valence-electron chi connectivity index (χ0n) is 11.7. The number of esters is 1. The molecule has 120 valence electrons. The van der Waals surface area contributed by atoms with E-state index in [2.05, 4.69) is 14.8 Å². The van der Waals surface area contributed by atoms with Gasteiger partial charge in [0.25, 0.3) is 0 Å². The molecule has 1 aromatic rings. The van der Waals surface area contributed by atoms with E-state index in [9.17, 15) is 17.6 Å². The number of carbonyl (C=O) groups excluding carboxylic acids is 1. The highest BCUT2D eigenvalue weighted by Crippen LogP contribution is 2.18. The van der Waals surface area contributed by atoms with Crippen LogP contribution in [0.1, 0.15) is 16.8 Å². The summed E-state index contributed by atoms with van der Waals surface area (Å²) in [4.78, 5) is 11.1. The maximum absolute atomic E-state index is 13.2. The van der Waals surface area contributed by atoms with Gasteiger partial charge in [-0.15, -0.1) is 12.4 Å². The van der Waals surface area contributed by atoms with E-state index in [4.69, 9.17) is 0 Å². The summed E-state index contributed by atoms with van der Waals surface area (Å²) >= 11 is 0. The third kappa shape index (κ3) is 5.58. The molecule has 9 heteroatoms. The van der Waals surface area contributed by atoms with Crippen LogP contribution >= 0.6 is 12.4 Å². The van der Waals surface area contributed by atoms with Crippen LogP contribution in [0.4, 0.5) is 4.39 Å². The number of methoxy groups -OCH3 is 1. The second-order valence-corrected chi connectivity index (χ2v) is 5.72. The molecule has 0 amide bonds. The zero-order valence-corrected chi connectivity index (χ0v) is 13.3. The number of halogens is 2. The van der Waals surface area contributed by atoms with Gasteiger partial charge < -0.3 is 10.1 Å². The SMILES string of the molecule is CNCCCNS(=O)(=O)c1cc(F)ccc1C(=O)OC.Cl. The van der Waals surface area contributed by atoms with E-state index in [1.54, 1.807) is 7.05 Å². The first kappa shape index (κ1) is 19.8. The minimum absolute atomic E-state index is 0. The minimum Gasteiger partial charge on any atom is -0.465 e. The van der Waals surface area contributed by atoms with Gasteiger partial charge in [0.05, 0.1) is 17.6 Å². The third-order valence-electron chi connectivity index (χ3n) is 2.53. The van der Waals surface area contributed by atoms with Crippen LogP contribution in [0.15, 0.2) is 23.1 Å². The molecule has 0 saturated carbocycles. The van der Waals surface area contributed by atoms with Crippen molar-refractivity contribution in [2.45, 2.75) is 11.3 Å². The quantitative estimate of drug-likeness (QED) is 0.569. The van der Waals surface area contributed by atoms with Gasteiger partial charge in [-0.3, -0.25) is 0 Å². The molecule has 0 heterocycles. The average molecular weight is 341 g/mol. The molecule has 0 spiro atoms. The molecule has 0 fully saturated rings. The lowest BCUT2D eigenvalue weighted by molar-refractivity contribution is 0.0596. The Bertz CT molecular complexity index is 581. The summed E-state index contributed by atoms with van der Waals surface area (Å²) in [5.41, 5.74) is -0.199. The van der Waals surface area contributed by atoms with Crippen molar-refractivity contribution in [2.75, 3.05) is 27.2 Å². The van der Waals surface area contributed by atoms with Crippen LogP contribution in [0.25, 0.3) is 0 Å². The van der Waals surface area contributed by atoms with Crippen molar-refractivity contribution in [3.05, 3.63) is 29.6 Å². The van der Waals surface area contributed by atoms with E-state index in [-0.39, 0.29) is 24.5 Å². The Morgan fingerprint density at radius 2 is 2.00 bits per heavy atom. The molecule has 0 aliphatic heterocycles. The molecule has 0 bridgehead atoms. The first-order valence-corrected chi connectivity index (χ1v) is 7.43. The monoisotopic (exact) mass is 340 g/mol. The fourth-order valence-electron chi connectivity index (χ4n) is 1.55. The van der Waals surface area contributed by atoms with Crippen molar-refractivity contribution >= 4 is 28.4 Å². The molecular weight excluding hydrogens is 323 g/mol. The molecule has 6 nitrogen and oxygen atoms in total. The summed E-state index contributed by atoms with van der Waals surface area (Å²) in [6.07, 6.45) is 0.568. The molecule has 0 atom stereocenters. The van der Waals surface area contributed by atoms with Gasteiger partial charge in [0.2, 0.25) is 10.0 Å². The molecule has 0 unspecified atom stereocenters. The number of hydrogen-bond acceptors (Lipinski definition) is 5. The Morgan fingerprint density at radius 3 is 2.57 bits per heavy atom. The fraction of sp³-hybridized carbons (Fsp3) is 0.417. The van der Waals surface area contributed by atoms with Gasteiger partial charge >= 0.3 is 5.97 Å². The second kappa shape index (κ2) is 8.93. The smallest absolute Gasteiger partial charge is 0.339 e. The Hall–Kier alpha value is -1.22. The lowest BCUT2D eigenvalue weighted by Crippen LogP contribution is -2.28. The van der Waals surface area contributed by atoms with Crippen LogP contribution in [0.3, 0.4) is 0 Å². The molecule has 1 rings (SSSR count). The maximum Gasteiger partial charge on any atom is 0.339 e. The van der Waals surface area contributed by atoms with E-state index in [0.717, 1.165) is 25.3 Å². The number of rotatable bonds is 7. The summed E-state index contributed by atoms with van der Waals surface area (Å²) in [6.45, 7) is 0.815. The van der Waals surface area contributed by atoms with Crippen LogP contribution < -0.4 is 10.0 Å². The second-order valence-electron chi connectivity index (χ2n) is 3.99. The predicted octanol–water partition coefficient (Wildman–Crippen LogP) is 0.922. The Labute approximate surface area is 129 Å². The van der Waals surface area contributed by atoms with Crippen LogP contribution in [0, 0.1) is 5.82 Å². The number of hydrogen-bond donors (Lipinski definition) is 2. The normalized spacial score (nSPS) is 10.8. The molecule has 0 aliphatic carbocycles. The maximum atomic E-state index is 13.2. The zero-order chi connectivity index (χ0) is 15.2. The molecule has 2 N–H and O–H groups in total. The first-order chi connectivity index (χ1) is 9.42. The van der Waals surface area contributed by atoms with E-state index in [1.807, 2.05) is 0 Å². The van der Waals surface area contributed by atoms with Gasteiger partial charge in [-0.1, -0.05) is 0 Å². The number of nitrogens with one attached hydrogen (secondary N) is 2. The summed E-state index contributed by atoms with van der Waals surface area (Å²) in [7, 11) is -1.09. The van der Waals surface area contributed by atoms with Crippen molar-refractivity contribution in [3.8, 4) is 0 Å². The molecular formula is C12H18ClFN2O4S. The highest BCUT2D eigenvalue weighted by atomic mass is 35.5. The van der Waals surface area contributed by atoms with Crippen LogP contribution in [0.2, 0.25) is 0 Å². The summed E-state index contributed by atoms with van der Waals surface area (Å²) in [6, 6.07) is 2.89. The largest absolute Gasteiger partial charge is 0.465 e. The molecule has 0 aromatic heterocycles. The van der Waals surface area contributed by atoms with E-state index >= 15 is 0 Å². The highest BCUT2D eigenvalue weighted by molar-refractivity contribution is 7.89. The number of ether oxygens (including phenoxy) is 1. The Kier molecular flexibility index (Phi) is 8.41. The number of benzene rings is 1. The highest BCUT2D eigenvalue weighted by Gasteiger charge is 2.23. The van der Waals surface area contributed by atoms with Crippen molar-refractivity contribution in [1.82, 2.24) is 10.0 Å². The molecule has 1 aromatic carbocycles. The van der Waals surface area contributed by atoms with Crippen LogP contribution in [-0.2, 0) is 14.8 Å². The average Bonchev–Trinajstić information content (AvgIpc) is 2.42. The van der Waals surface area contributed by atoms with Crippen molar-refractivity contribution in [1.29, 1.82) is 0 Å². The molecule has 0 radical (unpaired) electrons. The Balaban J connectivity index is 0.00000400. The summed E-state index contributed by atoms with van der Waals surface area (Å²) < 4.78 is 44.2. The van der Waals surface area contributed by atoms with Crippen molar-refractivity contribution in [3.63, 3.8) is 0 Å². The predicted molar refractivity (Wildman–Crippen MR) is 78.7 cm³/mol. The standard InChI is InChI=1S/C12H17FN2O4S.ClH/c1-14-6-3-7-15-20(17,18)11-8-9(13)4-5-10(11)12(16)19-2;/h4-5,8,14-15H,3,6-7H2,1-2H3;1H. The topological polar surface area (TPSA) is 84.5 Å². The lowest BCUT2D eigenvalue weighted by Gasteiger charge is -2.10. The lowest BCUT2D eigenvalue weighted by atomic mass is 10.2. The van der Waals surface area contributed by atoms with Crippen LogP contribution in [-0.4, -0.2) is 41.6 Å². The fourth-order valence-corrected chi connectivity index (χ4v) is 2.82. The van der Waals surface area contributed by atoms with Gasteiger partial charge in [-0.25, -0.2) is 22.3 Å². The molecule has 0 saturated heterocycles. The summed E-state index contributed by atoms with van der Waals surface area (Å²) in [5.74, 6) is -1.58. The van der Waals surface area contributed by atoms with Gasteiger partial charge in [0.1, 0.15) is 5.82 Å². The molecule has 0 aliphatic rings. The van der Waals surface area contributed by atoms with E-state index in [1.165, 1.54) is 0 Å². The van der Waals surface area contributed by atoms with Gasteiger partial charge in [-0.05, 0) is 38.2 Å². The number of sulfonamides is 1. The van der Waals surface area contributed by atoms with Crippen molar-refractivity contribution in [2.24, 2.45) is 0 Å².